The molecule has 0 aromatic carbocycles. The molecule has 1 aliphatic rings. The molecule has 0 heterocycles. The lowest BCUT2D eigenvalue weighted by molar-refractivity contribution is -0.139. The first-order valence-electron chi connectivity index (χ1n) is 7.85. The lowest BCUT2D eigenvalue weighted by Gasteiger charge is -2.38. The van der Waals surface area contributed by atoms with Gasteiger partial charge in [0.1, 0.15) is 0 Å². The second-order valence-electron chi connectivity index (χ2n) is 6.05. The van der Waals surface area contributed by atoms with Crippen LogP contribution in [0, 0.1) is 0 Å². The number of hydrogen-bond donors (Lipinski definition) is 3. The summed E-state index contributed by atoms with van der Waals surface area (Å²) in [5.41, 5.74) is -0.583. The van der Waals surface area contributed by atoms with E-state index in [9.17, 15) is 9.59 Å². The molecule has 6 nitrogen and oxygen atoms in total. The molecular weight excluding hydrogens is 272 g/mol. The van der Waals surface area contributed by atoms with E-state index >= 15 is 0 Å². The Balaban J connectivity index is 2.49. The van der Waals surface area contributed by atoms with Gasteiger partial charge in [-0.3, -0.25) is 4.79 Å². The average Bonchev–Trinajstić information content (AvgIpc) is 2.43. The van der Waals surface area contributed by atoms with Gasteiger partial charge in [0, 0.05) is 20.2 Å². The van der Waals surface area contributed by atoms with Crippen LogP contribution in [0.15, 0.2) is 0 Å². The summed E-state index contributed by atoms with van der Waals surface area (Å²) in [5.74, 6) is -0.859. The molecular formula is C15H28N2O4. The van der Waals surface area contributed by atoms with Gasteiger partial charge in [-0.2, -0.15) is 0 Å². The van der Waals surface area contributed by atoms with Gasteiger partial charge in [0.25, 0.3) is 0 Å². The quantitative estimate of drug-likeness (QED) is 0.598. The van der Waals surface area contributed by atoms with E-state index in [4.69, 9.17) is 10.2 Å². The number of carboxylic acid groups (broad SMARTS) is 1. The third-order valence-electron chi connectivity index (χ3n) is 4.17. The number of nitrogens with zero attached hydrogens (tertiary/aromatic N) is 1. The summed E-state index contributed by atoms with van der Waals surface area (Å²) in [4.78, 5) is 24.9. The maximum absolute atomic E-state index is 12.2. The van der Waals surface area contributed by atoms with Crippen molar-refractivity contribution >= 4 is 12.0 Å². The van der Waals surface area contributed by atoms with E-state index in [0.29, 0.717) is 6.54 Å². The molecule has 122 valence electrons. The van der Waals surface area contributed by atoms with Gasteiger partial charge >= 0.3 is 12.0 Å². The topological polar surface area (TPSA) is 89.9 Å². The molecule has 0 aromatic rings. The summed E-state index contributed by atoms with van der Waals surface area (Å²) in [6.45, 7) is 0.798. The number of amides is 2. The van der Waals surface area contributed by atoms with Crippen molar-refractivity contribution in [1.82, 2.24) is 10.2 Å². The number of rotatable bonds is 8. The normalized spacial score (nSPS) is 17.2. The molecule has 0 aliphatic heterocycles. The minimum atomic E-state index is -0.859. The Hall–Kier alpha value is -1.30. The zero-order chi connectivity index (χ0) is 15.7. The van der Waals surface area contributed by atoms with Gasteiger partial charge in [-0.1, -0.05) is 19.3 Å². The largest absolute Gasteiger partial charge is 0.481 e. The fourth-order valence-electron chi connectivity index (χ4n) is 2.93. The van der Waals surface area contributed by atoms with Gasteiger partial charge in [0.15, 0.2) is 0 Å². The maximum Gasteiger partial charge on any atom is 0.317 e. The lowest BCUT2D eigenvalue weighted by atomic mass is 9.79. The Labute approximate surface area is 126 Å². The molecule has 0 spiro atoms. The molecule has 21 heavy (non-hydrogen) atoms. The molecule has 0 bridgehead atoms. The number of nitrogens with one attached hydrogen (secondary N) is 1. The second-order valence-corrected chi connectivity index (χ2v) is 6.05. The van der Waals surface area contributed by atoms with Crippen molar-refractivity contribution in [2.24, 2.45) is 0 Å². The Bertz CT molecular complexity index is 341. The zero-order valence-corrected chi connectivity index (χ0v) is 12.9. The van der Waals surface area contributed by atoms with E-state index in [0.717, 1.165) is 51.4 Å². The van der Waals surface area contributed by atoms with Crippen LogP contribution in [-0.4, -0.2) is 52.9 Å². The van der Waals surface area contributed by atoms with E-state index in [1.807, 2.05) is 0 Å². The van der Waals surface area contributed by atoms with Crippen LogP contribution in [0.2, 0.25) is 0 Å². The number of unbranched alkanes of at least 4 members (excludes halogenated alkanes) is 2. The molecule has 1 saturated carbocycles. The molecule has 3 N–H and O–H groups in total. The molecule has 0 unspecified atom stereocenters. The molecule has 1 fully saturated rings. The smallest absolute Gasteiger partial charge is 0.317 e. The zero-order valence-electron chi connectivity index (χ0n) is 12.9. The average molecular weight is 300 g/mol. The van der Waals surface area contributed by atoms with Crippen molar-refractivity contribution in [2.75, 3.05) is 20.2 Å². The highest BCUT2D eigenvalue weighted by Crippen LogP contribution is 2.31. The summed E-state index contributed by atoms with van der Waals surface area (Å²) >= 11 is 0. The van der Waals surface area contributed by atoms with E-state index in [-0.39, 0.29) is 19.1 Å². The Morgan fingerprint density at radius 2 is 1.81 bits per heavy atom. The summed E-state index contributed by atoms with van der Waals surface area (Å²) in [7, 11) is 1.73. The van der Waals surface area contributed by atoms with Crippen molar-refractivity contribution in [1.29, 1.82) is 0 Å². The minimum Gasteiger partial charge on any atom is -0.481 e. The van der Waals surface area contributed by atoms with Crippen LogP contribution in [0.25, 0.3) is 0 Å². The third kappa shape index (κ3) is 6.33. The van der Waals surface area contributed by atoms with E-state index in [1.54, 1.807) is 11.9 Å². The van der Waals surface area contributed by atoms with Gasteiger partial charge in [-0.15, -0.1) is 0 Å². The molecule has 6 heteroatoms. The van der Waals surface area contributed by atoms with Crippen LogP contribution in [-0.2, 0) is 4.79 Å². The highest BCUT2D eigenvalue weighted by atomic mass is 16.4. The van der Waals surface area contributed by atoms with Crippen LogP contribution >= 0.6 is 0 Å². The first kappa shape index (κ1) is 17.8. The predicted molar refractivity (Wildman–Crippen MR) is 80.2 cm³/mol. The third-order valence-corrected chi connectivity index (χ3v) is 4.17. The summed E-state index contributed by atoms with van der Waals surface area (Å²) < 4.78 is 0. The summed E-state index contributed by atoms with van der Waals surface area (Å²) in [5, 5.41) is 20.8. The van der Waals surface area contributed by atoms with Gasteiger partial charge in [0.2, 0.25) is 0 Å². The minimum absolute atomic E-state index is 0.00288. The van der Waals surface area contributed by atoms with Crippen molar-refractivity contribution in [3.63, 3.8) is 0 Å². The van der Waals surface area contributed by atoms with Crippen LogP contribution in [0.3, 0.4) is 0 Å². The number of carbonyl (C=O) groups excluding carboxylic acids is 1. The number of urea groups is 1. The fraction of sp³-hybridized carbons (Fsp3) is 0.867. The standard InChI is InChI=1S/C15H28N2O4/c1-17(10-6-3-7-11-18)14(21)16-15(12-13(19)20)8-4-2-5-9-15/h18H,2-12H2,1H3,(H,16,21)(H,19,20). The molecule has 1 aliphatic carbocycles. The molecule has 2 amide bonds. The lowest BCUT2D eigenvalue weighted by Crippen LogP contribution is -2.54. The van der Waals surface area contributed by atoms with Crippen molar-refractivity contribution in [3.05, 3.63) is 0 Å². The number of hydrogen-bond acceptors (Lipinski definition) is 3. The summed E-state index contributed by atoms with van der Waals surface area (Å²) in [6.07, 6.45) is 6.99. The first-order chi connectivity index (χ1) is 9.99. The Morgan fingerprint density at radius 3 is 2.38 bits per heavy atom. The Kier molecular flexibility index (Phi) is 7.50. The van der Waals surface area contributed by atoms with E-state index in [1.165, 1.54) is 0 Å². The monoisotopic (exact) mass is 300 g/mol. The van der Waals surface area contributed by atoms with Crippen molar-refractivity contribution in [3.8, 4) is 0 Å². The van der Waals surface area contributed by atoms with Gasteiger partial charge in [-0.25, -0.2) is 4.79 Å². The number of carbonyl (C=O) groups is 2. The number of aliphatic hydroxyl groups is 1. The molecule has 0 atom stereocenters. The van der Waals surface area contributed by atoms with Gasteiger partial charge in [-0.05, 0) is 32.1 Å². The number of aliphatic carboxylic acids is 1. The van der Waals surface area contributed by atoms with Crippen LogP contribution in [0.1, 0.15) is 57.8 Å². The van der Waals surface area contributed by atoms with Crippen LogP contribution in [0.5, 0.6) is 0 Å². The van der Waals surface area contributed by atoms with E-state index < -0.39 is 11.5 Å². The predicted octanol–water partition coefficient (Wildman–Crippen LogP) is 1.97. The molecule has 1 rings (SSSR count). The summed E-state index contributed by atoms with van der Waals surface area (Å²) in [6, 6.07) is -0.192. The van der Waals surface area contributed by atoms with Crippen molar-refractivity contribution in [2.45, 2.75) is 63.3 Å². The molecule has 0 saturated heterocycles. The second kappa shape index (κ2) is 8.87. The highest BCUT2D eigenvalue weighted by Gasteiger charge is 2.36. The van der Waals surface area contributed by atoms with Gasteiger partial charge < -0.3 is 20.4 Å². The highest BCUT2D eigenvalue weighted by molar-refractivity contribution is 5.76. The maximum atomic E-state index is 12.2. The number of aliphatic hydroxyl groups excluding tert-OH is 1. The van der Waals surface area contributed by atoms with Crippen molar-refractivity contribution < 1.29 is 19.8 Å². The van der Waals surface area contributed by atoms with E-state index in [2.05, 4.69) is 5.32 Å². The first-order valence-corrected chi connectivity index (χ1v) is 7.85. The molecule has 0 radical (unpaired) electrons. The Morgan fingerprint density at radius 1 is 1.14 bits per heavy atom. The van der Waals surface area contributed by atoms with Crippen LogP contribution in [0.4, 0.5) is 4.79 Å². The number of carboxylic acids is 1. The fourth-order valence-corrected chi connectivity index (χ4v) is 2.93. The molecule has 0 aromatic heterocycles. The SMILES string of the molecule is CN(CCCCCO)C(=O)NC1(CC(=O)O)CCCCC1. The van der Waals surface area contributed by atoms with Gasteiger partial charge in [0.05, 0.1) is 12.0 Å². The van der Waals surface area contributed by atoms with Crippen LogP contribution < -0.4 is 5.32 Å².